The van der Waals surface area contributed by atoms with E-state index in [1.165, 1.54) is 6.07 Å². The Morgan fingerprint density at radius 1 is 1.03 bits per heavy atom. The Balaban J connectivity index is 1.47. The van der Waals surface area contributed by atoms with Crippen LogP contribution in [0.3, 0.4) is 0 Å². The number of carbonyl (C=O) groups excluding carboxylic acids is 2. The first-order valence-corrected chi connectivity index (χ1v) is 9.23. The topological polar surface area (TPSA) is 84.1 Å². The van der Waals surface area contributed by atoms with Crippen molar-refractivity contribution < 1.29 is 14.3 Å². The van der Waals surface area contributed by atoms with E-state index in [0.717, 1.165) is 11.0 Å². The van der Waals surface area contributed by atoms with Gasteiger partial charge in [0.1, 0.15) is 5.75 Å². The third-order valence-corrected chi connectivity index (χ3v) is 4.52. The fourth-order valence-corrected chi connectivity index (χ4v) is 3.08. The van der Waals surface area contributed by atoms with E-state index < -0.39 is 0 Å². The molecule has 29 heavy (non-hydrogen) atoms. The number of ketones is 1. The summed E-state index contributed by atoms with van der Waals surface area (Å²) in [4.78, 5) is 32.2. The largest absolute Gasteiger partial charge is 0.483 e. The summed E-state index contributed by atoms with van der Waals surface area (Å²) in [5.74, 6) is -0.285. The average Bonchev–Trinajstić information content (AvgIpc) is 3.21. The summed E-state index contributed by atoms with van der Waals surface area (Å²) in [6, 6.07) is 18.9. The lowest BCUT2D eigenvalue weighted by Gasteiger charge is -2.12. The third kappa shape index (κ3) is 4.28. The molecule has 2 N–H and O–H groups in total. The quantitative estimate of drug-likeness (QED) is 0.464. The Morgan fingerprint density at radius 2 is 1.86 bits per heavy atom. The standard InChI is InChI=1S/C22H16ClN3O3/c23-15-6-9-20(17(10-15)22(28)14-4-2-1-3-5-14)29-12-21(27)26-16-7-8-18-19(11-16)25-13-24-18/h1-11,13H,12H2,(H,24,25)(H,26,27). The normalized spacial score (nSPS) is 10.7. The van der Waals surface area contributed by atoms with Crippen LogP contribution in [0.25, 0.3) is 11.0 Å². The Hall–Kier alpha value is -3.64. The number of hydrogen-bond acceptors (Lipinski definition) is 4. The predicted octanol–water partition coefficient (Wildman–Crippen LogP) is 4.46. The molecule has 0 saturated heterocycles. The van der Waals surface area contributed by atoms with Gasteiger partial charge in [-0.1, -0.05) is 41.9 Å². The van der Waals surface area contributed by atoms with E-state index in [2.05, 4.69) is 15.3 Å². The lowest BCUT2D eigenvalue weighted by Crippen LogP contribution is -2.21. The van der Waals surface area contributed by atoms with E-state index in [1.54, 1.807) is 60.9 Å². The number of aromatic nitrogens is 2. The number of aromatic amines is 1. The number of rotatable bonds is 6. The Morgan fingerprint density at radius 3 is 2.69 bits per heavy atom. The van der Waals surface area contributed by atoms with Crippen molar-refractivity contribution in [3.05, 3.63) is 89.2 Å². The van der Waals surface area contributed by atoms with Crippen LogP contribution in [0.4, 0.5) is 5.69 Å². The van der Waals surface area contributed by atoms with E-state index in [1.807, 2.05) is 6.07 Å². The number of carbonyl (C=O) groups is 2. The van der Waals surface area contributed by atoms with Gasteiger partial charge in [0.05, 0.1) is 22.9 Å². The van der Waals surface area contributed by atoms with E-state index in [9.17, 15) is 9.59 Å². The zero-order valence-electron chi connectivity index (χ0n) is 15.2. The van der Waals surface area contributed by atoms with Crippen LogP contribution in [-0.4, -0.2) is 28.3 Å². The summed E-state index contributed by atoms with van der Waals surface area (Å²) in [5.41, 5.74) is 3.06. The maximum absolute atomic E-state index is 12.8. The number of amides is 1. The highest BCUT2D eigenvalue weighted by Gasteiger charge is 2.16. The van der Waals surface area contributed by atoms with Crippen LogP contribution in [0.5, 0.6) is 5.75 Å². The molecule has 1 heterocycles. The maximum Gasteiger partial charge on any atom is 0.262 e. The number of imidazole rings is 1. The van der Waals surface area contributed by atoms with Crippen molar-refractivity contribution in [1.29, 1.82) is 0 Å². The van der Waals surface area contributed by atoms with Gasteiger partial charge in [0.25, 0.3) is 5.91 Å². The van der Waals surface area contributed by atoms with Gasteiger partial charge in [-0.25, -0.2) is 4.98 Å². The molecule has 6 nitrogen and oxygen atoms in total. The number of nitrogens with one attached hydrogen (secondary N) is 2. The van der Waals surface area contributed by atoms with Gasteiger partial charge < -0.3 is 15.0 Å². The molecule has 4 rings (SSSR count). The Labute approximate surface area is 171 Å². The van der Waals surface area contributed by atoms with Gasteiger partial charge in [-0.3, -0.25) is 9.59 Å². The molecule has 0 aliphatic rings. The molecule has 0 spiro atoms. The van der Waals surface area contributed by atoms with Crippen LogP contribution in [0.1, 0.15) is 15.9 Å². The molecule has 7 heteroatoms. The highest BCUT2D eigenvalue weighted by atomic mass is 35.5. The summed E-state index contributed by atoms with van der Waals surface area (Å²) in [6.45, 7) is -0.252. The van der Waals surface area contributed by atoms with Gasteiger partial charge in [0.2, 0.25) is 0 Å². The molecular weight excluding hydrogens is 390 g/mol. The Bertz CT molecular complexity index is 1190. The van der Waals surface area contributed by atoms with Crippen LogP contribution in [-0.2, 0) is 4.79 Å². The number of halogens is 1. The lowest BCUT2D eigenvalue weighted by atomic mass is 10.0. The SMILES string of the molecule is O=C(COc1ccc(Cl)cc1C(=O)c1ccccc1)Nc1ccc2nc[nH]c2c1. The number of fused-ring (bicyclic) bond motifs is 1. The van der Waals surface area contributed by atoms with Gasteiger partial charge >= 0.3 is 0 Å². The number of benzene rings is 3. The second-order valence-corrected chi connectivity index (χ2v) is 6.74. The first-order valence-electron chi connectivity index (χ1n) is 8.85. The van der Waals surface area contributed by atoms with Crippen LogP contribution in [0.15, 0.2) is 73.1 Å². The predicted molar refractivity (Wildman–Crippen MR) is 112 cm³/mol. The zero-order chi connectivity index (χ0) is 20.2. The second-order valence-electron chi connectivity index (χ2n) is 6.31. The molecule has 0 radical (unpaired) electrons. The van der Waals surface area contributed by atoms with Crippen LogP contribution < -0.4 is 10.1 Å². The van der Waals surface area contributed by atoms with Crippen LogP contribution in [0, 0.1) is 0 Å². The molecular formula is C22H16ClN3O3. The molecule has 3 aromatic carbocycles. The van der Waals surface area contributed by atoms with Crippen molar-refractivity contribution in [2.24, 2.45) is 0 Å². The first-order chi connectivity index (χ1) is 14.1. The molecule has 1 aromatic heterocycles. The monoisotopic (exact) mass is 405 g/mol. The zero-order valence-corrected chi connectivity index (χ0v) is 15.9. The maximum atomic E-state index is 12.8. The summed E-state index contributed by atoms with van der Waals surface area (Å²) < 4.78 is 5.63. The summed E-state index contributed by atoms with van der Waals surface area (Å²) >= 11 is 6.06. The Kier molecular flexibility index (Phi) is 5.27. The third-order valence-electron chi connectivity index (χ3n) is 4.28. The molecule has 0 bridgehead atoms. The van der Waals surface area contributed by atoms with Crippen LogP contribution in [0.2, 0.25) is 5.02 Å². The number of hydrogen-bond donors (Lipinski definition) is 2. The smallest absolute Gasteiger partial charge is 0.262 e. The summed E-state index contributed by atoms with van der Waals surface area (Å²) in [5, 5.41) is 3.17. The fourth-order valence-electron chi connectivity index (χ4n) is 2.90. The highest BCUT2D eigenvalue weighted by Crippen LogP contribution is 2.26. The summed E-state index contributed by atoms with van der Waals surface area (Å²) in [7, 11) is 0. The van der Waals surface area contributed by atoms with Crippen molar-refractivity contribution in [2.75, 3.05) is 11.9 Å². The lowest BCUT2D eigenvalue weighted by molar-refractivity contribution is -0.118. The highest BCUT2D eigenvalue weighted by molar-refractivity contribution is 6.31. The van der Waals surface area contributed by atoms with Crippen molar-refractivity contribution in [3.63, 3.8) is 0 Å². The van der Waals surface area contributed by atoms with Gasteiger partial charge in [0, 0.05) is 16.3 Å². The minimum atomic E-state index is -0.350. The molecule has 1 amide bonds. The van der Waals surface area contributed by atoms with Crippen molar-refractivity contribution in [1.82, 2.24) is 9.97 Å². The molecule has 0 aliphatic heterocycles. The van der Waals surface area contributed by atoms with Crippen molar-refractivity contribution in [3.8, 4) is 5.75 Å². The first kappa shape index (κ1) is 18.7. The number of nitrogens with zero attached hydrogens (tertiary/aromatic N) is 1. The summed E-state index contributed by atoms with van der Waals surface area (Å²) in [6.07, 6.45) is 1.59. The number of anilines is 1. The van der Waals surface area contributed by atoms with Gasteiger partial charge in [-0.15, -0.1) is 0 Å². The molecule has 0 saturated carbocycles. The number of ether oxygens (including phenoxy) is 1. The molecule has 4 aromatic rings. The van der Waals surface area contributed by atoms with E-state index in [0.29, 0.717) is 27.6 Å². The van der Waals surface area contributed by atoms with Crippen molar-refractivity contribution >= 4 is 40.0 Å². The van der Waals surface area contributed by atoms with Crippen molar-refractivity contribution in [2.45, 2.75) is 0 Å². The van der Waals surface area contributed by atoms with E-state index >= 15 is 0 Å². The molecule has 0 fully saturated rings. The minimum Gasteiger partial charge on any atom is -0.483 e. The average molecular weight is 406 g/mol. The minimum absolute atomic E-state index is 0.229. The second kappa shape index (κ2) is 8.16. The molecule has 0 atom stereocenters. The van der Waals surface area contributed by atoms with Gasteiger partial charge in [-0.05, 0) is 36.4 Å². The van der Waals surface area contributed by atoms with E-state index in [4.69, 9.17) is 16.3 Å². The van der Waals surface area contributed by atoms with Gasteiger partial charge in [0.15, 0.2) is 12.4 Å². The van der Waals surface area contributed by atoms with Gasteiger partial charge in [-0.2, -0.15) is 0 Å². The van der Waals surface area contributed by atoms with E-state index in [-0.39, 0.29) is 18.3 Å². The molecule has 0 aliphatic carbocycles. The number of H-pyrrole nitrogens is 1. The fraction of sp³-hybridized carbons (Fsp3) is 0.0455. The molecule has 0 unspecified atom stereocenters. The van der Waals surface area contributed by atoms with Crippen LogP contribution >= 0.6 is 11.6 Å². The molecule has 144 valence electrons.